The molecule has 13 heavy (non-hydrogen) atoms. The van der Waals surface area contributed by atoms with E-state index in [1.165, 1.54) is 5.56 Å². The van der Waals surface area contributed by atoms with Crippen molar-refractivity contribution in [2.45, 2.75) is 6.92 Å². The van der Waals surface area contributed by atoms with Gasteiger partial charge in [-0.1, -0.05) is 17.7 Å². The Morgan fingerprint density at radius 2 is 2.15 bits per heavy atom. The molecule has 0 spiro atoms. The van der Waals surface area contributed by atoms with Crippen molar-refractivity contribution in [3.05, 3.63) is 41.0 Å². The summed E-state index contributed by atoms with van der Waals surface area (Å²) in [6.07, 6.45) is 1.80. The topological polar surface area (TPSA) is 28.7 Å². The van der Waals surface area contributed by atoms with E-state index in [0.29, 0.717) is 0 Å². The van der Waals surface area contributed by atoms with Crippen LogP contribution < -0.4 is 0 Å². The molecule has 0 aliphatic rings. The summed E-state index contributed by atoms with van der Waals surface area (Å²) >= 11 is 5.90. The van der Waals surface area contributed by atoms with E-state index in [1.807, 2.05) is 31.2 Å². The molecule has 66 valence electrons. The van der Waals surface area contributed by atoms with Crippen molar-refractivity contribution in [3.8, 4) is 11.3 Å². The third-order valence-electron chi connectivity index (χ3n) is 1.98. The molecule has 1 aromatic carbocycles. The van der Waals surface area contributed by atoms with Crippen molar-refractivity contribution >= 4 is 11.6 Å². The predicted molar refractivity (Wildman–Crippen MR) is 53.8 cm³/mol. The first-order valence-electron chi connectivity index (χ1n) is 4.03. The number of aromatic amines is 1. The van der Waals surface area contributed by atoms with Crippen LogP contribution in [0.1, 0.15) is 5.56 Å². The Morgan fingerprint density at radius 3 is 2.85 bits per heavy atom. The zero-order chi connectivity index (χ0) is 9.26. The number of nitrogens with zero attached hydrogens (tertiary/aromatic N) is 1. The maximum atomic E-state index is 5.90. The number of hydrogen-bond acceptors (Lipinski definition) is 1. The van der Waals surface area contributed by atoms with Gasteiger partial charge in [-0.3, -0.25) is 5.10 Å². The van der Waals surface area contributed by atoms with Crippen molar-refractivity contribution in [1.82, 2.24) is 10.2 Å². The number of nitrogens with one attached hydrogen (secondary N) is 1. The van der Waals surface area contributed by atoms with Gasteiger partial charge >= 0.3 is 0 Å². The Balaban J connectivity index is 2.57. The highest BCUT2D eigenvalue weighted by atomic mass is 35.5. The fourth-order valence-corrected chi connectivity index (χ4v) is 1.45. The fraction of sp³-hybridized carbons (Fsp3) is 0.100. The average Bonchev–Trinajstić information content (AvgIpc) is 2.61. The standard InChI is InChI=1S/C10H9ClN2/c1-7-2-3-8(11)6-9(7)10-4-5-12-13-10/h2-6H,1H3,(H,12,13). The zero-order valence-electron chi connectivity index (χ0n) is 7.21. The molecule has 0 saturated heterocycles. The summed E-state index contributed by atoms with van der Waals surface area (Å²) < 4.78 is 0. The van der Waals surface area contributed by atoms with E-state index in [4.69, 9.17) is 11.6 Å². The van der Waals surface area contributed by atoms with Crippen LogP contribution in [-0.2, 0) is 0 Å². The number of aryl methyl sites for hydroxylation is 1. The molecule has 0 unspecified atom stereocenters. The lowest BCUT2D eigenvalue weighted by molar-refractivity contribution is 1.09. The van der Waals surface area contributed by atoms with Crippen molar-refractivity contribution in [1.29, 1.82) is 0 Å². The van der Waals surface area contributed by atoms with Crippen LogP contribution in [-0.4, -0.2) is 10.2 Å². The van der Waals surface area contributed by atoms with Gasteiger partial charge in [0.1, 0.15) is 0 Å². The van der Waals surface area contributed by atoms with Crippen LogP contribution in [0.5, 0.6) is 0 Å². The lowest BCUT2D eigenvalue weighted by Gasteiger charge is -2.01. The second kappa shape index (κ2) is 3.23. The number of benzene rings is 1. The van der Waals surface area contributed by atoms with E-state index < -0.39 is 0 Å². The summed E-state index contributed by atoms with van der Waals surface area (Å²) in [7, 11) is 0. The predicted octanol–water partition coefficient (Wildman–Crippen LogP) is 3.04. The van der Waals surface area contributed by atoms with E-state index in [-0.39, 0.29) is 0 Å². The van der Waals surface area contributed by atoms with Crippen molar-refractivity contribution < 1.29 is 0 Å². The summed E-state index contributed by atoms with van der Waals surface area (Å²) in [5.41, 5.74) is 3.19. The first-order chi connectivity index (χ1) is 6.27. The normalized spacial score (nSPS) is 10.3. The molecule has 0 aliphatic heterocycles. The minimum atomic E-state index is 0.739. The molecule has 0 fully saturated rings. The van der Waals surface area contributed by atoms with Gasteiger partial charge in [0.25, 0.3) is 0 Å². The van der Waals surface area contributed by atoms with Gasteiger partial charge in [-0.2, -0.15) is 5.10 Å². The van der Waals surface area contributed by atoms with Crippen LogP contribution in [0.3, 0.4) is 0 Å². The van der Waals surface area contributed by atoms with Crippen LogP contribution in [0.2, 0.25) is 5.02 Å². The quantitative estimate of drug-likeness (QED) is 0.739. The van der Waals surface area contributed by atoms with Crippen LogP contribution >= 0.6 is 11.6 Å². The highest BCUT2D eigenvalue weighted by molar-refractivity contribution is 6.30. The number of aromatic nitrogens is 2. The Hall–Kier alpha value is -1.28. The molecular formula is C10H9ClN2. The summed E-state index contributed by atoms with van der Waals surface area (Å²) in [6, 6.07) is 7.73. The molecule has 0 bridgehead atoms. The molecule has 1 N–H and O–H groups in total. The van der Waals surface area contributed by atoms with Crippen molar-refractivity contribution in [2.24, 2.45) is 0 Å². The Kier molecular flexibility index (Phi) is 2.07. The molecule has 1 heterocycles. The van der Waals surface area contributed by atoms with Gasteiger partial charge in [0.2, 0.25) is 0 Å². The second-order valence-corrected chi connectivity index (χ2v) is 3.36. The van der Waals surface area contributed by atoms with Crippen LogP contribution in [0.4, 0.5) is 0 Å². The van der Waals surface area contributed by atoms with Crippen LogP contribution in [0.15, 0.2) is 30.5 Å². The Bertz CT molecular complexity index is 407. The lowest BCUT2D eigenvalue weighted by Crippen LogP contribution is -1.83. The Labute approximate surface area is 81.6 Å². The molecule has 0 aliphatic carbocycles. The number of H-pyrrole nitrogens is 1. The summed E-state index contributed by atoms with van der Waals surface area (Å²) in [5, 5.41) is 7.63. The minimum Gasteiger partial charge on any atom is -0.285 e. The van der Waals surface area contributed by atoms with Gasteiger partial charge in [-0.05, 0) is 30.7 Å². The molecule has 0 radical (unpaired) electrons. The van der Waals surface area contributed by atoms with E-state index in [0.717, 1.165) is 16.3 Å². The van der Waals surface area contributed by atoms with E-state index >= 15 is 0 Å². The van der Waals surface area contributed by atoms with Gasteiger partial charge in [0, 0.05) is 16.8 Å². The number of hydrogen-bond donors (Lipinski definition) is 1. The molecule has 2 aromatic rings. The summed E-state index contributed by atoms with van der Waals surface area (Å²) in [6.45, 7) is 2.04. The Morgan fingerprint density at radius 1 is 1.31 bits per heavy atom. The van der Waals surface area contributed by atoms with Crippen molar-refractivity contribution in [3.63, 3.8) is 0 Å². The van der Waals surface area contributed by atoms with Gasteiger partial charge in [-0.25, -0.2) is 0 Å². The van der Waals surface area contributed by atoms with Crippen molar-refractivity contribution in [2.75, 3.05) is 0 Å². The molecule has 0 amide bonds. The highest BCUT2D eigenvalue weighted by Gasteiger charge is 2.03. The third-order valence-corrected chi connectivity index (χ3v) is 2.21. The van der Waals surface area contributed by atoms with E-state index in [1.54, 1.807) is 6.20 Å². The van der Waals surface area contributed by atoms with E-state index in [2.05, 4.69) is 10.2 Å². The maximum absolute atomic E-state index is 5.90. The number of rotatable bonds is 1. The molecule has 3 heteroatoms. The van der Waals surface area contributed by atoms with Gasteiger partial charge in [0.05, 0.1) is 5.69 Å². The zero-order valence-corrected chi connectivity index (χ0v) is 7.97. The van der Waals surface area contributed by atoms with Crippen LogP contribution in [0, 0.1) is 6.92 Å². The minimum absolute atomic E-state index is 0.739. The average molecular weight is 193 g/mol. The first-order valence-corrected chi connectivity index (χ1v) is 4.41. The summed E-state index contributed by atoms with van der Waals surface area (Å²) in [4.78, 5) is 0. The number of halogens is 1. The largest absolute Gasteiger partial charge is 0.285 e. The smallest absolute Gasteiger partial charge is 0.0923 e. The molecule has 2 rings (SSSR count). The summed E-state index contributed by atoms with van der Waals surface area (Å²) in [5.74, 6) is 0. The molecule has 0 saturated carbocycles. The first kappa shape index (κ1) is 8.32. The van der Waals surface area contributed by atoms with Crippen LogP contribution in [0.25, 0.3) is 11.3 Å². The monoisotopic (exact) mass is 192 g/mol. The van der Waals surface area contributed by atoms with Gasteiger partial charge in [0.15, 0.2) is 0 Å². The molecule has 0 atom stereocenters. The lowest BCUT2D eigenvalue weighted by atomic mass is 10.1. The maximum Gasteiger partial charge on any atom is 0.0923 e. The second-order valence-electron chi connectivity index (χ2n) is 2.92. The molecular weight excluding hydrogens is 184 g/mol. The SMILES string of the molecule is Cc1ccc(Cl)cc1-c1cc[nH]n1. The third kappa shape index (κ3) is 1.58. The highest BCUT2D eigenvalue weighted by Crippen LogP contribution is 2.24. The fourth-order valence-electron chi connectivity index (χ4n) is 1.28. The van der Waals surface area contributed by atoms with E-state index in [9.17, 15) is 0 Å². The van der Waals surface area contributed by atoms with Gasteiger partial charge < -0.3 is 0 Å². The molecule has 2 nitrogen and oxygen atoms in total. The molecule has 1 aromatic heterocycles. The van der Waals surface area contributed by atoms with Gasteiger partial charge in [-0.15, -0.1) is 0 Å².